The fourth-order valence-electron chi connectivity index (χ4n) is 3.83. The minimum atomic E-state index is -3.86. The molecule has 1 aliphatic heterocycles. The first-order valence-corrected chi connectivity index (χ1v) is 13.2. The summed E-state index contributed by atoms with van der Waals surface area (Å²) in [5.41, 5.74) is 1.21. The van der Waals surface area contributed by atoms with E-state index in [-0.39, 0.29) is 40.9 Å². The van der Waals surface area contributed by atoms with E-state index in [1.807, 2.05) is 18.2 Å². The summed E-state index contributed by atoms with van der Waals surface area (Å²) in [6.07, 6.45) is 0. The molecule has 0 unspecified atom stereocenters. The van der Waals surface area contributed by atoms with E-state index in [4.69, 9.17) is 4.74 Å². The van der Waals surface area contributed by atoms with Crippen LogP contribution in [0.5, 0.6) is 5.75 Å². The summed E-state index contributed by atoms with van der Waals surface area (Å²) in [6, 6.07) is 14.6. The van der Waals surface area contributed by atoms with Gasteiger partial charge in [-0.3, -0.25) is 0 Å². The average Bonchev–Trinajstić information content (AvgIpc) is 3.26. The number of phenols is 1. The highest BCUT2D eigenvalue weighted by Crippen LogP contribution is 2.39. The Labute approximate surface area is 204 Å². The standard InChI is InChI=1S/C23H29N5O4S2/c1-23(2,3)20(16-8-5-4-6-9-16)25-22-21(26-33-27-22)24-17-10-7-11-18(19(17)29)34(30,31)28-12-14-32-15-13-28/h4-11,20,29H,12-15H2,1-3H3,(H,24,26)(H,25,27)/t20-/m0/s1. The molecule has 3 aromatic rings. The molecule has 3 N–H and O–H groups in total. The number of rotatable bonds is 7. The predicted molar refractivity (Wildman–Crippen MR) is 133 cm³/mol. The van der Waals surface area contributed by atoms with Crippen LogP contribution < -0.4 is 10.6 Å². The van der Waals surface area contributed by atoms with Crippen LogP contribution in [-0.4, -0.2) is 52.9 Å². The monoisotopic (exact) mass is 503 g/mol. The molecule has 2 aromatic carbocycles. The van der Waals surface area contributed by atoms with Gasteiger partial charge in [-0.25, -0.2) is 8.42 Å². The first-order valence-electron chi connectivity index (χ1n) is 11.0. The highest BCUT2D eigenvalue weighted by Gasteiger charge is 2.31. The molecule has 0 amide bonds. The molecule has 0 spiro atoms. The second-order valence-electron chi connectivity index (χ2n) is 9.11. The molecular weight excluding hydrogens is 474 g/mol. The number of benzene rings is 2. The number of hydrogen-bond acceptors (Lipinski definition) is 9. The Bertz CT molecular complexity index is 1220. The maximum atomic E-state index is 13.1. The van der Waals surface area contributed by atoms with Gasteiger partial charge < -0.3 is 20.5 Å². The Morgan fingerprint density at radius 3 is 2.38 bits per heavy atom. The minimum Gasteiger partial charge on any atom is -0.504 e. The van der Waals surface area contributed by atoms with Crippen LogP contribution >= 0.6 is 11.7 Å². The molecule has 0 bridgehead atoms. The summed E-state index contributed by atoms with van der Waals surface area (Å²) >= 11 is 1.02. The SMILES string of the molecule is CC(C)(C)[C@@H](Nc1nsnc1Nc1cccc(S(=O)(=O)N2CCOCC2)c1O)c1ccccc1. The van der Waals surface area contributed by atoms with Crippen molar-refractivity contribution >= 4 is 39.1 Å². The van der Waals surface area contributed by atoms with E-state index in [1.165, 1.54) is 10.4 Å². The number of aromatic nitrogens is 2. The van der Waals surface area contributed by atoms with Crippen LogP contribution in [-0.2, 0) is 14.8 Å². The van der Waals surface area contributed by atoms with Gasteiger partial charge in [-0.15, -0.1) is 0 Å². The van der Waals surface area contributed by atoms with Gasteiger partial charge in [0.25, 0.3) is 0 Å². The molecule has 1 fully saturated rings. The summed E-state index contributed by atoms with van der Waals surface area (Å²) in [5.74, 6) is 0.574. The lowest BCUT2D eigenvalue weighted by Crippen LogP contribution is -2.40. The van der Waals surface area contributed by atoms with Gasteiger partial charge in [-0.2, -0.15) is 13.1 Å². The van der Waals surface area contributed by atoms with Gasteiger partial charge in [-0.1, -0.05) is 57.2 Å². The molecular formula is C23H29N5O4S2. The molecule has 0 aliphatic carbocycles. The summed E-state index contributed by atoms with van der Waals surface area (Å²) in [7, 11) is -3.86. The molecule has 182 valence electrons. The second kappa shape index (κ2) is 9.87. The van der Waals surface area contributed by atoms with Gasteiger partial charge in [0.05, 0.1) is 36.7 Å². The van der Waals surface area contributed by atoms with Crippen molar-refractivity contribution in [2.45, 2.75) is 31.7 Å². The zero-order valence-electron chi connectivity index (χ0n) is 19.4. The van der Waals surface area contributed by atoms with Crippen molar-refractivity contribution in [3.05, 3.63) is 54.1 Å². The first kappa shape index (κ1) is 24.4. The molecule has 0 saturated carbocycles. The molecule has 11 heteroatoms. The van der Waals surface area contributed by atoms with Gasteiger partial charge in [0.1, 0.15) is 4.90 Å². The summed E-state index contributed by atoms with van der Waals surface area (Å²) in [5, 5.41) is 17.4. The average molecular weight is 504 g/mol. The highest BCUT2D eigenvalue weighted by atomic mass is 32.2. The topological polar surface area (TPSA) is 117 Å². The van der Waals surface area contributed by atoms with E-state index in [1.54, 1.807) is 12.1 Å². The predicted octanol–water partition coefficient (Wildman–Crippen LogP) is 4.21. The Hall–Kier alpha value is -2.73. The van der Waals surface area contributed by atoms with E-state index in [2.05, 4.69) is 52.3 Å². The largest absolute Gasteiger partial charge is 0.504 e. The summed E-state index contributed by atoms with van der Waals surface area (Å²) < 4.78 is 41.5. The number of nitrogens with one attached hydrogen (secondary N) is 2. The highest BCUT2D eigenvalue weighted by molar-refractivity contribution is 7.89. The van der Waals surface area contributed by atoms with Crippen molar-refractivity contribution in [2.24, 2.45) is 5.41 Å². The lowest BCUT2D eigenvalue weighted by atomic mass is 9.82. The van der Waals surface area contributed by atoms with Gasteiger partial charge in [0, 0.05) is 13.1 Å². The van der Waals surface area contributed by atoms with Gasteiger partial charge in [0.2, 0.25) is 10.0 Å². The molecule has 2 heterocycles. The van der Waals surface area contributed by atoms with E-state index in [0.717, 1.165) is 17.3 Å². The third kappa shape index (κ3) is 5.17. The number of para-hydroxylation sites is 1. The van der Waals surface area contributed by atoms with E-state index in [0.29, 0.717) is 24.8 Å². The number of phenolic OH excluding ortho intramolecular Hbond substituents is 1. The van der Waals surface area contributed by atoms with Crippen LogP contribution in [0.25, 0.3) is 0 Å². The van der Waals surface area contributed by atoms with Crippen LogP contribution in [0.4, 0.5) is 17.3 Å². The normalized spacial score (nSPS) is 16.2. The van der Waals surface area contributed by atoms with Crippen LogP contribution in [0, 0.1) is 5.41 Å². The molecule has 9 nitrogen and oxygen atoms in total. The quantitative estimate of drug-likeness (QED) is 0.411. The van der Waals surface area contributed by atoms with E-state index >= 15 is 0 Å². The minimum absolute atomic E-state index is 0.0558. The molecule has 0 radical (unpaired) electrons. The number of nitrogens with zero attached hydrogens (tertiary/aromatic N) is 3. The molecule has 4 rings (SSSR count). The van der Waals surface area contributed by atoms with Gasteiger partial charge in [0.15, 0.2) is 17.4 Å². The first-order chi connectivity index (χ1) is 16.2. The molecule has 1 aromatic heterocycles. The van der Waals surface area contributed by atoms with Crippen molar-refractivity contribution in [1.29, 1.82) is 0 Å². The molecule has 1 atom stereocenters. The molecule has 1 saturated heterocycles. The lowest BCUT2D eigenvalue weighted by molar-refractivity contribution is 0.0729. The van der Waals surface area contributed by atoms with Crippen LogP contribution in [0.1, 0.15) is 32.4 Å². The van der Waals surface area contributed by atoms with E-state index < -0.39 is 10.0 Å². The maximum absolute atomic E-state index is 13.1. The van der Waals surface area contributed by atoms with Crippen LogP contribution in [0.2, 0.25) is 0 Å². The number of morpholine rings is 1. The molecule has 34 heavy (non-hydrogen) atoms. The Morgan fingerprint density at radius 1 is 1.03 bits per heavy atom. The van der Waals surface area contributed by atoms with Crippen molar-refractivity contribution in [3.63, 3.8) is 0 Å². The Kier molecular flexibility index (Phi) is 7.08. The van der Waals surface area contributed by atoms with Crippen LogP contribution in [0.3, 0.4) is 0 Å². The summed E-state index contributed by atoms with van der Waals surface area (Å²) in [6.45, 7) is 7.55. The summed E-state index contributed by atoms with van der Waals surface area (Å²) in [4.78, 5) is -0.158. The molecule has 1 aliphatic rings. The van der Waals surface area contributed by atoms with Crippen molar-refractivity contribution < 1.29 is 18.3 Å². The van der Waals surface area contributed by atoms with Gasteiger partial charge in [-0.05, 0) is 23.1 Å². The number of ether oxygens (including phenoxy) is 1. The third-order valence-corrected chi connectivity index (χ3v) is 8.07. The number of anilines is 3. The Morgan fingerprint density at radius 2 is 1.71 bits per heavy atom. The maximum Gasteiger partial charge on any atom is 0.246 e. The van der Waals surface area contributed by atoms with Crippen LogP contribution in [0.15, 0.2) is 53.4 Å². The van der Waals surface area contributed by atoms with Crippen molar-refractivity contribution in [1.82, 2.24) is 13.1 Å². The number of sulfonamides is 1. The fourth-order valence-corrected chi connectivity index (χ4v) is 5.82. The number of aromatic hydroxyl groups is 1. The zero-order valence-corrected chi connectivity index (χ0v) is 21.0. The van der Waals surface area contributed by atoms with Crippen molar-refractivity contribution in [2.75, 3.05) is 36.9 Å². The second-order valence-corrected chi connectivity index (χ2v) is 11.5. The smallest absolute Gasteiger partial charge is 0.246 e. The third-order valence-electron chi connectivity index (χ3n) is 5.61. The number of hydrogen-bond donors (Lipinski definition) is 3. The lowest BCUT2D eigenvalue weighted by Gasteiger charge is -2.32. The Balaban J connectivity index is 1.61. The van der Waals surface area contributed by atoms with Crippen molar-refractivity contribution in [3.8, 4) is 5.75 Å². The fraction of sp³-hybridized carbons (Fsp3) is 0.391. The van der Waals surface area contributed by atoms with E-state index in [9.17, 15) is 13.5 Å². The van der Waals surface area contributed by atoms with Gasteiger partial charge >= 0.3 is 0 Å². The zero-order chi connectivity index (χ0) is 24.3.